The second-order valence-electron chi connectivity index (χ2n) is 11.1. The number of sulfonamides is 1. The smallest absolute Gasteiger partial charge is 0.416 e. The second-order valence-corrected chi connectivity index (χ2v) is 13.1. The molecule has 1 amide bonds. The molecule has 3 N–H and O–H groups in total. The predicted molar refractivity (Wildman–Crippen MR) is 171 cm³/mol. The molecule has 0 radical (unpaired) electrons. The number of carbonyl (C=O) groups is 1. The zero-order valence-corrected chi connectivity index (χ0v) is 27.4. The van der Waals surface area contributed by atoms with Gasteiger partial charge in [-0.1, -0.05) is 30.3 Å². The number of hydrogen-bond acceptors (Lipinski definition) is 6. The third-order valence-corrected chi connectivity index (χ3v) is 9.38. The van der Waals surface area contributed by atoms with Crippen molar-refractivity contribution in [2.45, 2.75) is 57.2 Å². The maximum Gasteiger partial charge on any atom is 0.416 e. The van der Waals surface area contributed by atoms with E-state index in [1.807, 2.05) is 0 Å². The number of nitrogens with one attached hydrogen (secondary N) is 2. The highest BCUT2D eigenvalue weighted by Gasteiger charge is 2.37. The number of nitrogens with zero attached hydrogens (tertiary/aromatic N) is 1. The molecule has 3 aromatic carbocycles. The summed E-state index contributed by atoms with van der Waals surface area (Å²) >= 11 is 0. The molecule has 264 valence electrons. The van der Waals surface area contributed by atoms with Crippen molar-refractivity contribution < 1.29 is 49.4 Å². The van der Waals surface area contributed by atoms with Gasteiger partial charge < -0.3 is 20.5 Å². The highest BCUT2D eigenvalue weighted by Crippen LogP contribution is 2.36. The number of halogens is 7. The van der Waals surface area contributed by atoms with E-state index in [1.54, 1.807) is 37.3 Å². The van der Waals surface area contributed by atoms with Crippen molar-refractivity contribution in [3.8, 4) is 5.75 Å². The summed E-state index contributed by atoms with van der Waals surface area (Å²) in [5.41, 5.74) is -2.16. The number of hydrogen-bond donors (Lipinski definition) is 3. The van der Waals surface area contributed by atoms with E-state index >= 15 is 0 Å². The van der Waals surface area contributed by atoms with Gasteiger partial charge in [-0.05, 0) is 67.6 Å². The number of carbonyl (C=O) groups excluding carboxylic acids is 1. The molecular formula is C32H36ClF6N3O5S. The van der Waals surface area contributed by atoms with Crippen LogP contribution in [0.5, 0.6) is 5.75 Å². The van der Waals surface area contributed by atoms with Gasteiger partial charge >= 0.3 is 12.4 Å². The van der Waals surface area contributed by atoms with Gasteiger partial charge in [0.25, 0.3) is 5.91 Å². The summed E-state index contributed by atoms with van der Waals surface area (Å²) in [6.07, 6.45) is -10.1. The number of aliphatic hydroxyl groups is 1. The molecule has 0 bridgehead atoms. The summed E-state index contributed by atoms with van der Waals surface area (Å²) in [6.45, 7) is 1.48. The normalized spacial score (nSPS) is 16.0. The second kappa shape index (κ2) is 16.2. The minimum Gasteiger partial charge on any atom is -0.494 e. The summed E-state index contributed by atoms with van der Waals surface area (Å²) in [7, 11) is -3.61. The highest BCUT2D eigenvalue weighted by atomic mass is 35.5. The van der Waals surface area contributed by atoms with Crippen molar-refractivity contribution in [1.82, 2.24) is 10.6 Å². The molecule has 1 saturated heterocycles. The van der Waals surface area contributed by atoms with E-state index in [9.17, 15) is 44.7 Å². The van der Waals surface area contributed by atoms with E-state index in [4.69, 9.17) is 4.74 Å². The van der Waals surface area contributed by atoms with Crippen molar-refractivity contribution in [2.75, 3.05) is 29.8 Å². The first-order valence-electron chi connectivity index (χ1n) is 14.9. The van der Waals surface area contributed by atoms with Crippen LogP contribution in [0, 0.1) is 0 Å². The van der Waals surface area contributed by atoms with E-state index in [0.717, 1.165) is 5.56 Å². The SMILES string of the molecule is CCOc1cc(C(=O)N[C@@H](Cc2ccccc2)[C@H](O)CNCc2cc(C(F)(F)F)cc(C(F)(F)F)c2)cc(N2CCCCS2(=O)=O)c1.Cl. The summed E-state index contributed by atoms with van der Waals surface area (Å²) in [5.74, 6) is -0.434. The third kappa shape index (κ3) is 10.5. The molecule has 0 spiro atoms. The van der Waals surface area contributed by atoms with Gasteiger partial charge in [0.2, 0.25) is 10.0 Å². The quantitative estimate of drug-likeness (QED) is 0.199. The lowest BCUT2D eigenvalue weighted by Gasteiger charge is -2.29. The molecule has 8 nitrogen and oxygen atoms in total. The molecule has 16 heteroatoms. The van der Waals surface area contributed by atoms with Crippen LogP contribution in [0.25, 0.3) is 0 Å². The van der Waals surface area contributed by atoms with Crippen LogP contribution in [0.15, 0.2) is 66.7 Å². The first kappa shape index (κ1) is 38.9. The number of alkyl halides is 6. The molecule has 3 aromatic rings. The Balaban J connectivity index is 0.00000625. The Kier molecular flexibility index (Phi) is 13.2. The number of aliphatic hydroxyl groups excluding tert-OH is 1. The Morgan fingerprint density at radius 1 is 0.938 bits per heavy atom. The van der Waals surface area contributed by atoms with Crippen molar-refractivity contribution in [3.05, 3.63) is 94.5 Å². The van der Waals surface area contributed by atoms with E-state index in [2.05, 4.69) is 10.6 Å². The van der Waals surface area contributed by atoms with E-state index < -0.39 is 58.1 Å². The molecule has 0 aromatic heterocycles. The fourth-order valence-electron chi connectivity index (χ4n) is 5.22. The summed E-state index contributed by atoms with van der Waals surface area (Å²) in [6, 6.07) is 13.4. The topological polar surface area (TPSA) is 108 Å². The Bertz CT molecular complexity index is 1610. The van der Waals surface area contributed by atoms with E-state index in [1.165, 1.54) is 22.5 Å². The van der Waals surface area contributed by atoms with Gasteiger partial charge in [-0.3, -0.25) is 9.10 Å². The molecule has 1 aliphatic heterocycles. The van der Waals surface area contributed by atoms with Crippen molar-refractivity contribution in [1.29, 1.82) is 0 Å². The van der Waals surface area contributed by atoms with Crippen molar-refractivity contribution in [2.24, 2.45) is 0 Å². The van der Waals surface area contributed by atoms with Gasteiger partial charge in [0, 0.05) is 31.3 Å². The van der Waals surface area contributed by atoms with Gasteiger partial charge in [-0.2, -0.15) is 26.3 Å². The van der Waals surface area contributed by atoms with Crippen molar-refractivity contribution >= 4 is 34.0 Å². The van der Waals surface area contributed by atoms with Crippen LogP contribution in [-0.4, -0.2) is 57.0 Å². The minimum absolute atomic E-state index is 0. The fraction of sp³-hybridized carbons (Fsp3) is 0.406. The number of amides is 1. The lowest BCUT2D eigenvalue weighted by molar-refractivity contribution is -0.143. The van der Waals surface area contributed by atoms with Crippen LogP contribution in [0.2, 0.25) is 0 Å². The summed E-state index contributed by atoms with van der Waals surface area (Å²) < 4.78 is 112. The Morgan fingerprint density at radius 3 is 2.17 bits per heavy atom. The minimum atomic E-state index is -5.00. The maximum absolute atomic E-state index is 13.6. The van der Waals surface area contributed by atoms with E-state index in [0.29, 0.717) is 25.0 Å². The first-order chi connectivity index (χ1) is 22.1. The number of anilines is 1. The van der Waals surface area contributed by atoms with Gasteiger partial charge in [-0.15, -0.1) is 12.4 Å². The Hall–Kier alpha value is -3.53. The average Bonchev–Trinajstić information content (AvgIpc) is 3.00. The molecule has 1 heterocycles. The Morgan fingerprint density at radius 2 is 1.58 bits per heavy atom. The van der Waals surface area contributed by atoms with Crippen LogP contribution >= 0.6 is 12.4 Å². The lowest BCUT2D eigenvalue weighted by Crippen LogP contribution is -2.48. The summed E-state index contributed by atoms with van der Waals surface area (Å²) in [5, 5.41) is 16.6. The van der Waals surface area contributed by atoms with Gasteiger partial charge in [0.05, 0.1) is 41.3 Å². The monoisotopic (exact) mass is 723 g/mol. The molecule has 1 fully saturated rings. The largest absolute Gasteiger partial charge is 0.494 e. The van der Waals surface area contributed by atoms with Crippen LogP contribution in [0.4, 0.5) is 32.0 Å². The highest BCUT2D eigenvalue weighted by molar-refractivity contribution is 7.92. The van der Waals surface area contributed by atoms with Crippen LogP contribution in [0.1, 0.15) is 52.4 Å². The average molecular weight is 724 g/mol. The molecule has 2 atom stereocenters. The third-order valence-electron chi connectivity index (χ3n) is 7.51. The fourth-order valence-corrected chi connectivity index (χ4v) is 6.84. The Labute approximate surface area is 280 Å². The van der Waals surface area contributed by atoms with Crippen molar-refractivity contribution in [3.63, 3.8) is 0 Å². The standard InChI is InChI=1S/C32H35F6N3O5S.ClH/c1-2-46-27-16-23(15-26(18-27)41-10-6-7-11-47(41,44)45)30(43)40-28(14-21-8-4-3-5-9-21)29(42)20-39-19-22-12-24(31(33,34)35)17-25(13-22)32(36,37)38;/h3-5,8-9,12-13,15-18,28-29,39,42H,2,6-7,10-11,14,19-20H2,1H3,(H,40,43);1H/t28-,29+;/m0./s1. The molecule has 0 saturated carbocycles. The van der Waals surface area contributed by atoms with Crippen LogP contribution in [0.3, 0.4) is 0 Å². The lowest BCUT2D eigenvalue weighted by atomic mass is 10.00. The number of rotatable bonds is 12. The van der Waals surface area contributed by atoms with Crippen LogP contribution in [-0.2, 0) is 35.3 Å². The zero-order chi connectivity index (χ0) is 34.4. The molecule has 0 aliphatic carbocycles. The number of benzene rings is 3. The van der Waals surface area contributed by atoms with Gasteiger partial charge in [0.1, 0.15) is 5.75 Å². The number of ether oxygens (including phenoxy) is 1. The predicted octanol–water partition coefficient (Wildman–Crippen LogP) is 5.97. The molecule has 48 heavy (non-hydrogen) atoms. The molecule has 0 unspecified atom stereocenters. The molecular weight excluding hydrogens is 688 g/mol. The summed E-state index contributed by atoms with van der Waals surface area (Å²) in [4.78, 5) is 13.6. The van der Waals surface area contributed by atoms with E-state index in [-0.39, 0.29) is 72.9 Å². The first-order valence-corrected chi connectivity index (χ1v) is 16.5. The zero-order valence-electron chi connectivity index (χ0n) is 25.8. The van der Waals surface area contributed by atoms with Gasteiger partial charge in [-0.25, -0.2) is 8.42 Å². The van der Waals surface area contributed by atoms with Gasteiger partial charge in [0.15, 0.2) is 0 Å². The maximum atomic E-state index is 13.6. The van der Waals surface area contributed by atoms with Crippen LogP contribution < -0.4 is 19.7 Å². The molecule has 1 aliphatic rings. The molecule has 4 rings (SSSR count).